The molecule has 1 aromatic heterocycles. The summed E-state index contributed by atoms with van der Waals surface area (Å²) in [6.07, 6.45) is -1.17. The standard InChI is InChI=1S/C24H29B2F2N2O7P/c1-22(2,3)13-9-14(23(4,5)6)19-12(18(13)28)11-34-38(33,36-19)37-24(25,26)16-7-8-17(35-16)30-10-15(27)20(31)29-21(30)32/h9-10,16-17H,7-8,11H2,1-6H3,(H,29,31,32). The van der Waals surface area contributed by atoms with E-state index in [-0.39, 0.29) is 24.2 Å². The van der Waals surface area contributed by atoms with Crippen molar-refractivity contribution >= 4 is 23.5 Å². The molecule has 14 heteroatoms. The average molecular weight is 548 g/mol. The van der Waals surface area contributed by atoms with Gasteiger partial charge in [-0.25, -0.2) is 13.8 Å². The van der Waals surface area contributed by atoms with Crippen LogP contribution in [-0.4, -0.2) is 36.7 Å². The van der Waals surface area contributed by atoms with Gasteiger partial charge >= 0.3 is 13.5 Å². The van der Waals surface area contributed by atoms with Gasteiger partial charge in [-0.05, 0) is 35.3 Å². The molecule has 4 rings (SSSR count). The quantitative estimate of drug-likeness (QED) is 0.458. The summed E-state index contributed by atoms with van der Waals surface area (Å²) in [7, 11) is 7.78. The van der Waals surface area contributed by atoms with E-state index < -0.39 is 65.9 Å². The third-order valence-corrected chi connectivity index (χ3v) is 7.89. The summed E-state index contributed by atoms with van der Waals surface area (Å²) in [5, 5.41) is -2.24. The fraction of sp³-hybridized carbons (Fsp3) is 0.583. The van der Waals surface area contributed by atoms with Crippen LogP contribution in [0, 0.1) is 11.6 Å². The van der Waals surface area contributed by atoms with Gasteiger partial charge in [0.2, 0.25) is 5.82 Å². The summed E-state index contributed by atoms with van der Waals surface area (Å²) in [5.41, 5.74) is -1.94. The number of aromatic amines is 1. The van der Waals surface area contributed by atoms with Crippen molar-refractivity contribution in [3.63, 3.8) is 0 Å². The van der Waals surface area contributed by atoms with Crippen LogP contribution in [0.3, 0.4) is 0 Å². The highest BCUT2D eigenvalue weighted by Crippen LogP contribution is 2.59. The number of hydrogen-bond acceptors (Lipinski definition) is 7. The van der Waals surface area contributed by atoms with E-state index in [1.807, 2.05) is 46.5 Å². The zero-order valence-electron chi connectivity index (χ0n) is 22.1. The van der Waals surface area contributed by atoms with E-state index >= 15 is 4.39 Å². The van der Waals surface area contributed by atoms with Gasteiger partial charge in [-0.1, -0.05) is 41.5 Å². The predicted octanol–water partition coefficient (Wildman–Crippen LogP) is 3.81. The summed E-state index contributed by atoms with van der Waals surface area (Å²) in [6.45, 7) is 10.9. The van der Waals surface area contributed by atoms with Gasteiger partial charge in [-0.2, -0.15) is 4.39 Å². The number of phosphoric acid groups is 1. The minimum Gasteiger partial charge on any atom is -0.403 e. The molecule has 2 aliphatic rings. The van der Waals surface area contributed by atoms with E-state index in [1.54, 1.807) is 6.07 Å². The second-order valence-corrected chi connectivity index (χ2v) is 13.2. The van der Waals surface area contributed by atoms with Gasteiger partial charge in [0, 0.05) is 11.0 Å². The van der Waals surface area contributed by atoms with Crippen LogP contribution in [0.4, 0.5) is 8.78 Å². The number of H-pyrrole nitrogens is 1. The molecule has 3 heterocycles. The van der Waals surface area contributed by atoms with Crippen molar-refractivity contribution in [3.05, 3.63) is 61.4 Å². The summed E-state index contributed by atoms with van der Waals surface area (Å²) < 4.78 is 65.9. The second-order valence-electron chi connectivity index (χ2n) is 11.7. The largest absolute Gasteiger partial charge is 0.529 e. The third kappa shape index (κ3) is 5.43. The number of ether oxygens (including phenoxy) is 1. The van der Waals surface area contributed by atoms with Crippen LogP contribution in [0.15, 0.2) is 21.9 Å². The van der Waals surface area contributed by atoms with E-state index in [9.17, 15) is 18.5 Å². The van der Waals surface area contributed by atoms with Crippen molar-refractivity contribution in [2.45, 2.75) is 89.6 Å². The molecule has 0 amide bonds. The molecule has 1 N–H and O–H groups in total. The Balaban J connectivity index is 1.61. The Labute approximate surface area is 221 Å². The molecular formula is C24H29B2F2N2O7P. The molecule has 0 saturated carbocycles. The van der Waals surface area contributed by atoms with Gasteiger partial charge in [0.05, 0.1) is 24.5 Å². The van der Waals surface area contributed by atoms with Crippen LogP contribution in [0.25, 0.3) is 0 Å². The Morgan fingerprint density at radius 1 is 1.08 bits per heavy atom. The molecule has 1 aromatic carbocycles. The van der Waals surface area contributed by atoms with Crippen molar-refractivity contribution in [2.24, 2.45) is 0 Å². The number of aromatic nitrogens is 2. The third-order valence-electron chi connectivity index (χ3n) is 6.50. The highest BCUT2D eigenvalue weighted by Gasteiger charge is 2.47. The Morgan fingerprint density at radius 3 is 2.32 bits per heavy atom. The van der Waals surface area contributed by atoms with Crippen molar-refractivity contribution in [1.29, 1.82) is 0 Å². The zero-order valence-corrected chi connectivity index (χ0v) is 23.0. The Kier molecular flexibility index (Phi) is 7.18. The first-order chi connectivity index (χ1) is 17.3. The van der Waals surface area contributed by atoms with Crippen molar-refractivity contribution in [3.8, 4) is 5.75 Å². The number of nitrogens with one attached hydrogen (secondary N) is 1. The van der Waals surface area contributed by atoms with Gasteiger partial charge < -0.3 is 9.26 Å². The molecule has 2 aliphatic heterocycles. The highest BCUT2D eigenvalue weighted by molar-refractivity contribution is 7.49. The number of halogens is 2. The molecule has 202 valence electrons. The fourth-order valence-corrected chi connectivity index (χ4v) is 5.81. The van der Waals surface area contributed by atoms with Crippen molar-refractivity contribution < 1.29 is 31.7 Å². The number of nitrogens with zero attached hydrogens (tertiary/aromatic N) is 1. The van der Waals surface area contributed by atoms with Crippen LogP contribution in [-0.2, 0) is 35.8 Å². The van der Waals surface area contributed by atoms with E-state index in [1.165, 1.54) is 0 Å². The lowest BCUT2D eigenvalue weighted by atomic mass is 9.61. The second kappa shape index (κ2) is 9.47. The SMILES string of the molecule is [B]C([B])(OP1(=O)OCc2c(F)c(C(C)(C)C)cc(C(C)(C)C)c2O1)C1CCC(n2cc(F)c(=O)[nH]c2=O)O1. The molecule has 0 aliphatic carbocycles. The Morgan fingerprint density at radius 2 is 1.71 bits per heavy atom. The highest BCUT2D eigenvalue weighted by atomic mass is 31.2. The number of phosphoric ester groups is 1. The molecule has 1 saturated heterocycles. The molecule has 9 nitrogen and oxygen atoms in total. The van der Waals surface area contributed by atoms with Crippen LogP contribution >= 0.6 is 7.82 Å². The van der Waals surface area contributed by atoms with E-state index in [0.29, 0.717) is 17.3 Å². The van der Waals surface area contributed by atoms with Gasteiger partial charge in [0.1, 0.15) is 33.5 Å². The van der Waals surface area contributed by atoms with Crippen LogP contribution in [0.1, 0.15) is 77.3 Å². The smallest absolute Gasteiger partial charge is 0.403 e. The molecule has 38 heavy (non-hydrogen) atoms. The monoisotopic (exact) mass is 548 g/mol. The Bertz CT molecular complexity index is 1430. The molecule has 0 bridgehead atoms. The minimum absolute atomic E-state index is 0.0360. The van der Waals surface area contributed by atoms with Crippen LogP contribution in [0.5, 0.6) is 5.75 Å². The lowest BCUT2D eigenvalue weighted by Crippen LogP contribution is -2.46. The van der Waals surface area contributed by atoms with E-state index in [4.69, 9.17) is 34.0 Å². The van der Waals surface area contributed by atoms with E-state index in [0.717, 1.165) is 4.57 Å². The van der Waals surface area contributed by atoms with E-state index in [2.05, 4.69) is 0 Å². The molecule has 4 radical (unpaired) electrons. The molecular weight excluding hydrogens is 519 g/mol. The maximum atomic E-state index is 15.5. The Hall–Kier alpha value is -2.20. The number of rotatable bonds is 4. The number of benzene rings is 1. The van der Waals surface area contributed by atoms with Crippen LogP contribution in [0.2, 0.25) is 0 Å². The predicted molar refractivity (Wildman–Crippen MR) is 137 cm³/mol. The van der Waals surface area contributed by atoms with Crippen molar-refractivity contribution in [2.75, 3.05) is 0 Å². The molecule has 1 fully saturated rings. The summed E-state index contributed by atoms with van der Waals surface area (Å²) in [5.74, 6) is -1.67. The molecule has 2 aromatic rings. The summed E-state index contributed by atoms with van der Waals surface area (Å²) in [6, 6.07) is 1.69. The first-order valence-corrected chi connectivity index (χ1v) is 13.5. The normalized spacial score (nSPS) is 24.2. The van der Waals surface area contributed by atoms with Gasteiger partial charge in [-0.15, -0.1) is 0 Å². The first-order valence-electron chi connectivity index (χ1n) is 12.1. The van der Waals surface area contributed by atoms with Gasteiger partial charge in [0.25, 0.3) is 5.56 Å². The fourth-order valence-electron chi connectivity index (χ4n) is 4.44. The van der Waals surface area contributed by atoms with Gasteiger partial charge in [-0.3, -0.25) is 23.4 Å². The zero-order chi connectivity index (χ0) is 28.4. The molecule has 3 atom stereocenters. The maximum Gasteiger partial charge on any atom is 0.529 e. The first kappa shape index (κ1) is 28.8. The lowest BCUT2D eigenvalue weighted by molar-refractivity contribution is -0.0518. The summed E-state index contributed by atoms with van der Waals surface area (Å²) in [4.78, 5) is 25.3. The van der Waals surface area contributed by atoms with Crippen molar-refractivity contribution in [1.82, 2.24) is 9.55 Å². The molecule has 0 spiro atoms. The lowest BCUT2D eigenvalue weighted by Gasteiger charge is -2.38. The minimum atomic E-state index is -4.48. The maximum absolute atomic E-state index is 15.5. The van der Waals surface area contributed by atoms with Gasteiger partial charge in [0.15, 0.2) is 0 Å². The van der Waals surface area contributed by atoms with Crippen LogP contribution < -0.4 is 15.8 Å². The number of fused-ring (bicyclic) bond motifs is 1. The summed E-state index contributed by atoms with van der Waals surface area (Å²) >= 11 is 0. The molecule has 3 unspecified atom stereocenters. The number of hydrogen-bond donors (Lipinski definition) is 1. The average Bonchev–Trinajstić information content (AvgIpc) is 3.25. The topological polar surface area (TPSA) is 109 Å².